The van der Waals surface area contributed by atoms with Crippen LogP contribution in [0.15, 0.2) is 34.9 Å². The van der Waals surface area contributed by atoms with Gasteiger partial charge < -0.3 is 0 Å². The van der Waals surface area contributed by atoms with Gasteiger partial charge in [-0.05, 0) is 18.2 Å². The summed E-state index contributed by atoms with van der Waals surface area (Å²) in [6.07, 6.45) is 1.65. The Bertz CT molecular complexity index is 722. The Morgan fingerprint density at radius 2 is 2.00 bits per heavy atom. The molecule has 0 atom stereocenters. The highest BCUT2D eigenvalue weighted by Gasteiger charge is 2.14. The minimum atomic E-state index is 0.472. The second-order valence-electron chi connectivity index (χ2n) is 3.57. The fourth-order valence-corrected chi connectivity index (χ4v) is 4.04. The highest BCUT2D eigenvalue weighted by molar-refractivity contribution is 9.10. The Hall–Kier alpha value is -0.680. The molecular weight excluding hydrogens is 355 g/mol. The fourth-order valence-electron chi connectivity index (χ4n) is 1.63. The standard InChI is InChI=1S/C12H5BrCl2N2S/c13-6-2-1-3-7(14)9(6)12-17-8-4-5-16-11(15)10(8)18-12/h1-5H. The molecule has 2 heterocycles. The molecular formula is C12H5BrCl2N2S. The van der Waals surface area contributed by atoms with E-state index in [0.29, 0.717) is 10.2 Å². The largest absolute Gasteiger partial charge is 0.243 e. The normalized spacial score (nSPS) is 11.1. The van der Waals surface area contributed by atoms with Crippen LogP contribution in [0.2, 0.25) is 10.2 Å². The summed E-state index contributed by atoms with van der Waals surface area (Å²) in [6, 6.07) is 7.50. The minimum absolute atomic E-state index is 0.472. The summed E-state index contributed by atoms with van der Waals surface area (Å²) in [5.74, 6) is 0. The zero-order valence-electron chi connectivity index (χ0n) is 8.82. The van der Waals surface area contributed by atoms with Gasteiger partial charge in [-0.15, -0.1) is 11.3 Å². The van der Waals surface area contributed by atoms with Crippen molar-refractivity contribution in [1.82, 2.24) is 9.97 Å². The van der Waals surface area contributed by atoms with Gasteiger partial charge in [0, 0.05) is 16.2 Å². The van der Waals surface area contributed by atoms with E-state index in [1.165, 1.54) is 11.3 Å². The van der Waals surface area contributed by atoms with Crippen molar-refractivity contribution in [1.29, 1.82) is 0 Å². The molecule has 2 nitrogen and oxygen atoms in total. The first-order chi connectivity index (χ1) is 8.66. The van der Waals surface area contributed by atoms with Crippen LogP contribution < -0.4 is 0 Å². The van der Waals surface area contributed by atoms with Crippen LogP contribution in [0, 0.1) is 0 Å². The van der Waals surface area contributed by atoms with Crippen LogP contribution in [0.3, 0.4) is 0 Å². The number of thiazole rings is 1. The highest BCUT2D eigenvalue weighted by atomic mass is 79.9. The molecule has 0 fully saturated rings. The first kappa shape index (κ1) is 12.4. The summed E-state index contributed by atoms with van der Waals surface area (Å²) >= 11 is 17.2. The summed E-state index contributed by atoms with van der Waals surface area (Å²) in [4.78, 5) is 8.60. The summed E-state index contributed by atoms with van der Waals surface area (Å²) in [5.41, 5.74) is 1.72. The molecule has 0 amide bonds. The lowest BCUT2D eigenvalue weighted by Crippen LogP contribution is -1.80. The first-order valence-electron chi connectivity index (χ1n) is 5.02. The van der Waals surface area contributed by atoms with Gasteiger partial charge in [-0.25, -0.2) is 9.97 Å². The number of nitrogens with zero attached hydrogens (tertiary/aromatic N) is 2. The molecule has 0 unspecified atom stereocenters. The Morgan fingerprint density at radius 1 is 1.17 bits per heavy atom. The quantitative estimate of drug-likeness (QED) is 0.541. The molecule has 0 radical (unpaired) electrons. The maximum atomic E-state index is 6.22. The van der Waals surface area contributed by atoms with Crippen molar-refractivity contribution in [3.05, 3.63) is 45.1 Å². The topological polar surface area (TPSA) is 25.8 Å². The van der Waals surface area contributed by atoms with Crippen LogP contribution in [0.4, 0.5) is 0 Å². The molecule has 90 valence electrons. The Balaban J connectivity index is 2.30. The van der Waals surface area contributed by atoms with Crippen molar-refractivity contribution in [3.8, 4) is 10.6 Å². The van der Waals surface area contributed by atoms with Crippen LogP contribution in [0.5, 0.6) is 0 Å². The lowest BCUT2D eigenvalue weighted by Gasteiger charge is -2.02. The van der Waals surface area contributed by atoms with Gasteiger partial charge in [0.05, 0.1) is 15.2 Å². The van der Waals surface area contributed by atoms with Crippen molar-refractivity contribution in [2.24, 2.45) is 0 Å². The van der Waals surface area contributed by atoms with Gasteiger partial charge in [-0.2, -0.15) is 0 Å². The molecule has 0 saturated heterocycles. The van der Waals surface area contributed by atoms with Crippen molar-refractivity contribution < 1.29 is 0 Å². The van der Waals surface area contributed by atoms with Gasteiger partial charge in [-0.3, -0.25) is 0 Å². The smallest absolute Gasteiger partial charge is 0.148 e. The zero-order chi connectivity index (χ0) is 12.7. The maximum absolute atomic E-state index is 6.22. The number of hydrogen-bond acceptors (Lipinski definition) is 3. The number of pyridine rings is 1. The van der Waals surface area contributed by atoms with E-state index in [9.17, 15) is 0 Å². The number of fused-ring (bicyclic) bond motifs is 1. The van der Waals surface area contributed by atoms with Crippen molar-refractivity contribution in [3.63, 3.8) is 0 Å². The van der Waals surface area contributed by atoms with Gasteiger partial charge in [0.1, 0.15) is 10.2 Å². The number of benzene rings is 1. The third-order valence-corrected chi connectivity index (χ3v) is 4.91. The van der Waals surface area contributed by atoms with E-state index >= 15 is 0 Å². The van der Waals surface area contributed by atoms with E-state index in [1.807, 2.05) is 24.3 Å². The number of hydrogen-bond donors (Lipinski definition) is 0. The van der Waals surface area contributed by atoms with Crippen LogP contribution in [-0.2, 0) is 0 Å². The number of aromatic nitrogens is 2. The summed E-state index contributed by atoms with van der Waals surface area (Å²) in [7, 11) is 0. The molecule has 18 heavy (non-hydrogen) atoms. The Kier molecular flexibility index (Phi) is 3.28. The van der Waals surface area contributed by atoms with Crippen molar-refractivity contribution in [2.75, 3.05) is 0 Å². The maximum Gasteiger partial charge on any atom is 0.148 e. The predicted molar refractivity (Wildman–Crippen MR) is 80.6 cm³/mol. The third-order valence-electron chi connectivity index (χ3n) is 2.44. The van der Waals surface area contributed by atoms with Gasteiger partial charge >= 0.3 is 0 Å². The molecule has 3 rings (SSSR count). The molecule has 0 aliphatic carbocycles. The predicted octanol–water partition coefficient (Wildman–Crippen LogP) is 5.43. The van der Waals surface area contributed by atoms with Crippen molar-refractivity contribution >= 4 is 60.7 Å². The fraction of sp³-hybridized carbons (Fsp3) is 0. The average Bonchev–Trinajstić information content (AvgIpc) is 2.74. The van der Waals surface area contributed by atoms with Gasteiger partial charge in [0.25, 0.3) is 0 Å². The van der Waals surface area contributed by atoms with E-state index in [2.05, 4.69) is 25.9 Å². The van der Waals surface area contributed by atoms with Gasteiger partial charge in [0.2, 0.25) is 0 Å². The molecule has 0 aliphatic heterocycles. The second-order valence-corrected chi connectivity index (χ2v) is 6.18. The van der Waals surface area contributed by atoms with E-state index in [1.54, 1.807) is 6.20 Å². The van der Waals surface area contributed by atoms with Gasteiger partial charge in [0.15, 0.2) is 0 Å². The summed E-state index contributed by atoms with van der Waals surface area (Å²) < 4.78 is 1.79. The monoisotopic (exact) mass is 358 g/mol. The summed E-state index contributed by atoms with van der Waals surface area (Å²) in [5, 5.41) is 1.96. The molecule has 0 spiro atoms. The Labute approximate surface area is 126 Å². The minimum Gasteiger partial charge on any atom is -0.243 e. The summed E-state index contributed by atoms with van der Waals surface area (Å²) in [6.45, 7) is 0. The SMILES string of the molecule is Clc1cccc(Br)c1-c1nc2ccnc(Cl)c2s1. The average molecular weight is 360 g/mol. The number of rotatable bonds is 1. The van der Waals surface area contributed by atoms with E-state index < -0.39 is 0 Å². The molecule has 0 aliphatic rings. The van der Waals surface area contributed by atoms with E-state index in [-0.39, 0.29) is 0 Å². The number of halogens is 3. The Morgan fingerprint density at radius 3 is 2.72 bits per heavy atom. The molecule has 1 aromatic carbocycles. The second kappa shape index (κ2) is 4.78. The van der Waals surface area contributed by atoms with Crippen LogP contribution in [-0.4, -0.2) is 9.97 Å². The van der Waals surface area contributed by atoms with Crippen molar-refractivity contribution in [2.45, 2.75) is 0 Å². The first-order valence-corrected chi connectivity index (χ1v) is 7.39. The molecule has 3 aromatic rings. The van der Waals surface area contributed by atoms with Gasteiger partial charge in [-0.1, -0.05) is 45.2 Å². The lowest BCUT2D eigenvalue weighted by molar-refractivity contribution is 1.35. The van der Waals surface area contributed by atoms with Crippen LogP contribution in [0.1, 0.15) is 0 Å². The molecule has 0 N–H and O–H groups in total. The highest BCUT2D eigenvalue weighted by Crippen LogP contribution is 2.40. The third kappa shape index (κ3) is 2.03. The van der Waals surface area contributed by atoms with Crippen LogP contribution in [0.25, 0.3) is 20.8 Å². The molecule has 0 saturated carbocycles. The van der Waals surface area contributed by atoms with E-state index in [0.717, 1.165) is 25.3 Å². The zero-order valence-corrected chi connectivity index (χ0v) is 12.7. The van der Waals surface area contributed by atoms with Crippen LogP contribution >= 0.6 is 50.5 Å². The lowest BCUT2D eigenvalue weighted by atomic mass is 10.2. The molecule has 2 aromatic heterocycles. The van der Waals surface area contributed by atoms with E-state index in [4.69, 9.17) is 23.2 Å². The molecule has 6 heteroatoms. The molecule has 0 bridgehead atoms.